The molecule has 2 rings (SSSR count). The highest BCUT2D eigenvalue weighted by molar-refractivity contribution is 6.36. The van der Waals surface area contributed by atoms with Gasteiger partial charge in [-0.25, -0.2) is 0 Å². The minimum atomic E-state index is -0.264. The van der Waals surface area contributed by atoms with Crippen LogP contribution in [-0.4, -0.2) is 5.91 Å². The Morgan fingerprint density at radius 3 is 2.37 bits per heavy atom. The zero-order chi connectivity index (χ0) is 14.0. The normalized spacial score (nSPS) is 10.3. The molecule has 2 aromatic rings. The predicted octanol–water partition coefficient (Wildman–Crippen LogP) is 4.86. The summed E-state index contributed by atoms with van der Waals surface area (Å²) in [5.74, 6) is -0.264. The lowest BCUT2D eigenvalue weighted by Crippen LogP contribution is -2.13. The quantitative estimate of drug-likeness (QED) is 0.841. The van der Waals surface area contributed by atoms with Crippen molar-refractivity contribution in [1.29, 1.82) is 0 Å². The molecular weight excluding hydrogens is 281 g/mol. The van der Waals surface area contributed by atoms with Crippen molar-refractivity contribution in [2.45, 2.75) is 13.8 Å². The largest absolute Gasteiger partial charge is 0.320 e. The fourth-order valence-electron chi connectivity index (χ4n) is 1.90. The van der Waals surface area contributed by atoms with Crippen LogP contribution < -0.4 is 5.32 Å². The molecule has 98 valence electrons. The van der Waals surface area contributed by atoms with Gasteiger partial charge in [0.25, 0.3) is 5.91 Å². The van der Waals surface area contributed by atoms with E-state index < -0.39 is 0 Å². The molecule has 0 fully saturated rings. The molecule has 0 unspecified atom stereocenters. The second-order valence-electron chi connectivity index (χ2n) is 4.37. The molecule has 0 saturated heterocycles. The highest BCUT2D eigenvalue weighted by Crippen LogP contribution is 2.28. The maximum atomic E-state index is 12.2. The number of anilines is 1. The topological polar surface area (TPSA) is 29.1 Å². The molecule has 2 nitrogen and oxygen atoms in total. The number of carbonyl (C=O) groups excluding carboxylic acids is 1. The molecule has 1 amide bonds. The Hall–Kier alpha value is -1.51. The van der Waals surface area contributed by atoms with Crippen molar-refractivity contribution >= 4 is 34.8 Å². The Labute approximate surface area is 122 Å². The average molecular weight is 294 g/mol. The lowest BCUT2D eigenvalue weighted by atomic mass is 10.1. The van der Waals surface area contributed by atoms with Gasteiger partial charge in [0.2, 0.25) is 0 Å². The Kier molecular flexibility index (Phi) is 4.13. The van der Waals surface area contributed by atoms with Crippen LogP contribution in [0.3, 0.4) is 0 Å². The van der Waals surface area contributed by atoms with Crippen molar-refractivity contribution in [3.8, 4) is 0 Å². The molecule has 0 aromatic heterocycles. The van der Waals surface area contributed by atoms with Gasteiger partial charge in [-0.1, -0.05) is 41.4 Å². The number of amides is 1. The molecule has 2 aromatic carbocycles. The summed E-state index contributed by atoms with van der Waals surface area (Å²) in [6.45, 7) is 3.86. The van der Waals surface area contributed by atoms with Gasteiger partial charge in [-0.05, 0) is 43.2 Å². The molecular formula is C15H13Cl2NO. The van der Waals surface area contributed by atoms with Gasteiger partial charge < -0.3 is 5.32 Å². The van der Waals surface area contributed by atoms with Crippen molar-refractivity contribution in [2.75, 3.05) is 5.32 Å². The first-order chi connectivity index (χ1) is 8.99. The third kappa shape index (κ3) is 3.09. The number of aryl methyl sites for hydroxylation is 2. The molecule has 0 radical (unpaired) electrons. The van der Waals surface area contributed by atoms with Crippen LogP contribution >= 0.6 is 23.2 Å². The summed E-state index contributed by atoms with van der Waals surface area (Å²) in [7, 11) is 0. The maximum Gasteiger partial charge on any atom is 0.257 e. The fraction of sp³-hybridized carbons (Fsp3) is 0.133. The lowest BCUT2D eigenvalue weighted by molar-refractivity contribution is 0.102. The molecule has 0 heterocycles. The predicted molar refractivity (Wildman–Crippen MR) is 80.3 cm³/mol. The molecule has 4 heteroatoms. The average Bonchev–Trinajstić information content (AvgIpc) is 2.34. The van der Waals surface area contributed by atoms with Crippen LogP contribution in [0.2, 0.25) is 10.0 Å². The van der Waals surface area contributed by atoms with Crippen LogP contribution in [-0.2, 0) is 0 Å². The molecule has 1 N–H and O–H groups in total. The van der Waals surface area contributed by atoms with Gasteiger partial charge in [-0.15, -0.1) is 0 Å². The van der Waals surface area contributed by atoms with Crippen molar-refractivity contribution in [3.05, 3.63) is 63.1 Å². The van der Waals surface area contributed by atoms with Crippen molar-refractivity contribution in [2.24, 2.45) is 0 Å². The number of carbonyl (C=O) groups is 1. The summed E-state index contributed by atoms with van der Waals surface area (Å²) in [4.78, 5) is 12.2. The van der Waals surface area contributed by atoms with E-state index in [4.69, 9.17) is 23.2 Å². The Morgan fingerprint density at radius 1 is 1.05 bits per heavy atom. The SMILES string of the molecule is Cc1cc(C)c(NC(=O)c2ccccc2Cl)c(Cl)c1. The maximum absolute atomic E-state index is 12.2. The number of benzene rings is 2. The van der Waals surface area contributed by atoms with E-state index in [0.29, 0.717) is 21.3 Å². The van der Waals surface area contributed by atoms with Crippen molar-refractivity contribution < 1.29 is 4.79 Å². The summed E-state index contributed by atoms with van der Waals surface area (Å²) < 4.78 is 0. The molecule has 19 heavy (non-hydrogen) atoms. The standard InChI is InChI=1S/C15H13Cl2NO/c1-9-7-10(2)14(13(17)8-9)18-15(19)11-5-3-4-6-12(11)16/h3-8H,1-2H3,(H,18,19). The summed E-state index contributed by atoms with van der Waals surface area (Å²) in [5.41, 5.74) is 3.03. The van der Waals surface area contributed by atoms with Crippen LogP contribution in [0.5, 0.6) is 0 Å². The minimum absolute atomic E-state index is 0.264. The third-order valence-electron chi connectivity index (χ3n) is 2.79. The molecule has 0 atom stereocenters. The van der Waals surface area contributed by atoms with Crippen LogP contribution in [0.25, 0.3) is 0 Å². The van der Waals surface area contributed by atoms with E-state index in [1.165, 1.54) is 0 Å². The Bertz CT molecular complexity index is 615. The van der Waals surface area contributed by atoms with Crippen LogP contribution in [0.1, 0.15) is 21.5 Å². The van der Waals surface area contributed by atoms with Gasteiger partial charge in [-0.2, -0.15) is 0 Å². The van der Waals surface area contributed by atoms with E-state index in [-0.39, 0.29) is 5.91 Å². The second-order valence-corrected chi connectivity index (χ2v) is 5.19. The molecule has 0 bridgehead atoms. The lowest BCUT2D eigenvalue weighted by Gasteiger charge is -2.12. The van der Waals surface area contributed by atoms with E-state index in [9.17, 15) is 4.79 Å². The number of nitrogens with one attached hydrogen (secondary N) is 1. The van der Waals surface area contributed by atoms with Gasteiger partial charge in [-0.3, -0.25) is 4.79 Å². The smallest absolute Gasteiger partial charge is 0.257 e. The van der Waals surface area contributed by atoms with Gasteiger partial charge in [0.05, 0.1) is 21.3 Å². The molecule has 0 spiro atoms. The first kappa shape index (κ1) is 13.9. The zero-order valence-corrected chi connectivity index (χ0v) is 12.1. The molecule has 0 aliphatic rings. The first-order valence-corrected chi connectivity index (χ1v) is 6.57. The molecule has 0 aliphatic carbocycles. The van der Waals surface area contributed by atoms with Crippen LogP contribution in [0.15, 0.2) is 36.4 Å². The summed E-state index contributed by atoms with van der Waals surface area (Å²) in [6, 6.07) is 10.7. The van der Waals surface area contributed by atoms with Gasteiger partial charge in [0, 0.05) is 0 Å². The van der Waals surface area contributed by atoms with Crippen molar-refractivity contribution in [1.82, 2.24) is 0 Å². The summed E-state index contributed by atoms with van der Waals surface area (Å²) in [5, 5.41) is 3.75. The highest BCUT2D eigenvalue weighted by atomic mass is 35.5. The second kappa shape index (κ2) is 5.64. The van der Waals surface area contributed by atoms with Gasteiger partial charge >= 0.3 is 0 Å². The molecule has 0 saturated carbocycles. The Morgan fingerprint density at radius 2 is 1.74 bits per heavy atom. The number of hydrogen-bond donors (Lipinski definition) is 1. The third-order valence-corrected chi connectivity index (χ3v) is 3.42. The van der Waals surface area contributed by atoms with E-state index in [0.717, 1.165) is 11.1 Å². The van der Waals surface area contributed by atoms with Crippen LogP contribution in [0.4, 0.5) is 5.69 Å². The summed E-state index contributed by atoms with van der Waals surface area (Å²) >= 11 is 12.2. The number of rotatable bonds is 2. The number of hydrogen-bond acceptors (Lipinski definition) is 1. The monoisotopic (exact) mass is 293 g/mol. The summed E-state index contributed by atoms with van der Waals surface area (Å²) in [6.07, 6.45) is 0. The zero-order valence-electron chi connectivity index (χ0n) is 10.6. The van der Waals surface area contributed by atoms with E-state index in [2.05, 4.69) is 5.32 Å². The van der Waals surface area contributed by atoms with Gasteiger partial charge in [0.1, 0.15) is 0 Å². The van der Waals surface area contributed by atoms with E-state index in [1.807, 2.05) is 26.0 Å². The van der Waals surface area contributed by atoms with E-state index in [1.54, 1.807) is 24.3 Å². The van der Waals surface area contributed by atoms with Crippen LogP contribution in [0, 0.1) is 13.8 Å². The van der Waals surface area contributed by atoms with Gasteiger partial charge in [0.15, 0.2) is 0 Å². The highest BCUT2D eigenvalue weighted by Gasteiger charge is 2.13. The number of halogens is 2. The molecule has 0 aliphatic heterocycles. The van der Waals surface area contributed by atoms with E-state index >= 15 is 0 Å². The minimum Gasteiger partial charge on any atom is -0.320 e. The van der Waals surface area contributed by atoms with Crippen molar-refractivity contribution in [3.63, 3.8) is 0 Å². The fourth-order valence-corrected chi connectivity index (χ4v) is 2.49. The Balaban J connectivity index is 2.32. The first-order valence-electron chi connectivity index (χ1n) is 5.81.